The lowest BCUT2D eigenvalue weighted by atomic mass is 10.0. The number of halogens is 2. The van der Waals surface area contributed by atoms with Gasteiger partial charge in [-0.2, -0.15) is 0 Å². The van der Waals surface area contributed by atoms with Gasteiger partial charge in [-0.25, -0.2) is 0 Å². The van der Waals surface area contributed by atoms with E-state index in [1.165, 1.54) is 11.1 Å². The van der Waals surface area contributed by atoms with Gasteiger partial charge in [-0.3, -0.25) is 9.69 Å². The van der Waals surface area contributed by atoms with Gasteiger partial charge in [-0.1, -0.05) is 53.0 Å². The van der Waals surface area contributed by atoms with Crippen molar-refractivity contribution in [2.24, 2.45) is 0 Å². The molecule has 5 heteroatoms. The van der Waals surface area contributed by atoms with Gasteiger partial charge in [-0.15, -0.1) is 0 Å². The number of aryl methyl sites for hydroxylation is 1. The molecule has 1 aliphatic heterocycles. The lowest BCUT2D eigenvalue weighted by Gasteiger charge is -2.32. The van der Waals surface area contributed by atoms with Crippen molar-refractivity contribution in [1.82, 2.24) is 10.2 Å². The first-order valence-corrected chi connectivity index (χ1v) is 9.30. The molecule has 1 amide bonds. The first-order valence-electron chi connectivity index (χ1n) is 8.55. The first-order chi connectivity index (χ1) is 12.0. The van der Waals surface area contributed by atoms with Crippen molar-refractivity contribution in [1.29, 1.82) is 0 Å². The predicted molar refractivity (Wildman–Crippen MR) is 103 cm³/mol. The van der Waals surface area contributed by atoms with Crippen LogP contribution in [0, 0.1) is 6.92 Å². The van der Waals surface area contributed by atoms with Crippen LogP contribution in [0.25, 0.3) is 0 Å². The fourth-order valence-electron chi connectivity index (χ4n) is 3.24. The van der Waals surface area contributed by atoms with Gasteiger partial charge < -0.3 is 5.32 Å². The maximum atomic E-state index is 12.4. The summed E-state index contributed by atoms with van der Waals surface area (Å²) in [6.07, 6.45) is 1.88. The van der Waals surface area contributed by atoms with E-state index in [2.05, 4.69) is 41.4 Å². The van der Waals surface area contributed by atoms with Gasteiger partial charge in [-0.05, 0) is 43.5 Å². The normalized spacial score (nSPS) is 16.0. The molecule has 0 unspecified atom stereocenters. The predicted octanol–water partition coefficient (Wildman–Crippen LogP) is 4.70. The van der Waals surface area contributed by atoms with Crippen LogP contribution >= 0.6 is 23.2 Å². The third-order valence-corrected chi connectivity index (χ3v) is 5.15. The summed E-state index contributed by atoms with van der Waals surface area (Å²) in [6, 6.07) is 13.8. The van der Waals surface area contributed by atoms with Crippen molar-refractivity contribution < 1.29 is 4.79 Å². The number of nitrogens with zero attached hydrogens (tertiary/aromatic N) is 1. The molecule has 0 atom stereocenters. The van der Waals surface area contributed by atoms with Crippen molar-refractivity contribution in [3.05, 3.63) is 69.2 Å². The van der Waals surface area contributed by atoms with E-state index in [9.17, 15) is 4.79 Å². The summed E-state index contributed by atoms with van der Waals surface area (Å²) in [7, 11) is 0. The summed E-state index contributed by atoms with van der Waals surface area (Å²) in [6.45, 7) is 5.03. The number of likely N-dealkylation sites (tertiary alicyclic amines) is 1. The molecule has 1 N–H and O–H groups in total. The van der Waals surface area contributed by atoms with Crippen molar-refractivity contribution in [3.8, 4) is 0 Å². The Morgan fingerprint density at radius 2 is 1.92 bits per heavy atom. The molecule has 0 aromatic heterocycles. The van der Waals surface area contributed by atoms with E-state index >= 15 is 0 Å². The highest BCUT2D eigenvalue weighted by Crippen LogP contribution is 2.21. The first kappa shape index (κ1) is 18.2. The molecule has 0 saturated carbocycles. The molecule has 2 aromatic carbocycles. The minimum atomic E-state index is -0.148. The zero-order valence-corrected chi connectivity index (χ0v) is 15.8. The molecule has 1 heterocycles. The van der Waals surface area contributed by atoms with Crippen LogP contribution in [0.1, 0.15) is 34.3 Å². The molecule has 1 fully saturated rings. The highest BCUT2D eigenvalue weighted by molar-refractivity contribution is 6.35. The van der Waals surface area contributed by atoms with E-state index in [-0.39, 0.29) is 11.9 Å². The number of benzene rings is 2. The van der Waals surface area contributed by atoms with Crippen molar-refractivity contribution >= 4 is 29.1 Å². The molecule has 132 valence electrons. The second-order valence-electron chi connectivity index (χ2n) is 6.64. The Hall–Kier alpha value is -1.55. The smallest absolute Gasteiger partial charge is 0.253 e. The van der Waals surface area contributed by atoms with Crippen LogP contribution in [0.4, 0.5) is 0 Å². The quantitative estimate of drug-likeness (QED) is 0.838. The van der Waals surface area contributed by atoms with E-state index in [4.69, 9.17) is 23.2 Å². The molecule has 25 heavy (non-hydrogen) atoms. The Balaban J connectivity index is 1.52. The topological polar surface area (TPSA) is 32.3 Å². The van der Waals surface area contributed by atoms with Gasteiger partial charge in [0.05, 0.1) is 10.6 Å². The van der Waals surface area contributed by atoms with Gasteiger partial charge in [0, 0.05) is 30.7 Å². The monoisotopic (exact) mass is 376 g/mol. The molecule has 1 aliphatic rings. The van der Waals surface area contributed by atoms with E-state index in [1.54, 1.807) is 18.2 Å². The van der Waals surface area contributed by atoms with Crippen LogP contribution in [0.2, 0.25) is 10.0 Å². The van der Waals surface area contributed by atoms with Crippen LogP contribution < -0.4 is 5.32 Å². The highest BCUT2D eigenvalue weighted by Gasteiger charge is 2.22. The van der Waals surface area contributed by atoms with Crippen molar-refractivity contribution in [3.63, 3.8) is 0 Å². The minimum absolute atomic E-state index is 0.148. The highest BCUT2D eigenvalue weighted by atomic mass is 35.5. The zero-order chi connectivity index (χ0) is 17.8. The number of hydrogen-bond acceptors (Lipinski definition) is 2. The number of hydrogen-bond donors (Lipinski definition) is 1. The molecule has 2 aromatic rings. The zero-order valence-electron chi connectivity index (χ0n) is 14.3. The largest absolute Gasteiger partial charge is 0.349 e. The number of piperidine rings is 1. The molecule has 3 nitrogen and oxygen atoms in total. The third kappa shape index (κ3) is 4.97. The van der Waals surface area contributed by atoms with Gasteiger partial charge >= 0.3 is 0 Å². The fourth-order valence-corrected chi connectivity index (χ4v) is 3.61. The van der Waals surface area contributed by atoms with E-state index in [0.717, 1.165) is 32.5 Å². The minimum Gasteiger partial charge on any atom is -0.349 e. The van der Waals surface area contributed by atoms with Crippen LogP contribution in [-0.2, 0) is 6.54 Å². The van der Waals surface area contributed by atoms with Crippen LogP contribution in [0.3, 0.4) is 0 Å². The molecule has 1 saturated heterocycles. The van der Waals surface area contributed by atoms with Crippen LogP contribution in [0.15, 0.2) is 42.5 Å². The van der Waals surface area contributed by atoms with Crippen LogP contribution in [0.5, 0.6) is 0 Å². The Kier molecular flexibility index (Phi) is 6.00. The molecule has 0 radical (unpaired) electrons. The van der Waals surface area contributed by atoms with Gasteiger partial charge in [0.25, 0.3) is 5.91 Å². The maximum absolute atomic E-state index is 12.4. The second kappa shape index (κ2) is 8.22. The van der Waals surface area contributed by atoms with E-state index in [1.807, 2.05) is 0 Å². The standard InChI is InChI=1S/C20H22Cl2N2O/c1-14-3-2-4-15(11-14)13-24-9-7-17(8-10-24)23-20(25)18-12-16(21)5-6-19(18)22/h2-6,11-12,17H,7-10,13H2,1H3,(H,23,25). The van der Waals surface area contributed by atoms with Crippen molar-refractivity contribution in [2.75, 3.05) is 13.1 Å². The molecular weight excluding hydrogens is 355 g/mol. The average molecular weight is 377 g/mol. The van der Waals surface area contributed by atoms with Gasteiger partial charge in [0.1, 0.15) is 0 Å². The third-order valence-electron chi connectivity index (χ3n) is 4.58. The number of carbonyl (C=O) groups excluding carboxylic acids is 1. The molecule has 3 rings (SSSR count). The lowest BCUT2D eigenvalue weighted by molar-refractivity contribution is 0.0909. The Morgan fingerprint density at radius 1 is 1.16 bits per heavy atom. The summed E-state index contributed by atoms with van der Waals surface area (Å²) in [5.74, 6) is -0.148. The Morgan fingerprint density at radius 3 is 2.64 bits per heavy atom. The Labute approximate surface area is 158 Å². The van der Waals surface area contributed by atoms with E-state index in [0.29, 0.717) is 15.6 Å². The fraction of sp³-hybridized carbons (Fsp3) is 0.350. The SMILES string of the molecule is Cc1cccc(CN2CCC(NC(=O)c3cc(Cl)ccc3Cl)CC2)c1. The summed E-state index contributed by atoms with van der Waals surface area (Å²) in [4.78, 5) is 14.9. The number of carbonyl (C=O) groups is 1. The Bertz CT molecular complexity index is 755. The number of rotatable bonds is 4. The van der Waals surface area contributed by atoms with Crippen LogP contribution in [-0.4, -0.2) is 29.9 Å². The molecule has 0 aliphatic carbocycles. The molecule has 0 spiro atoms. The maximum Gasteiger partial charge on any atom is 0.253 e. The summed E-state index contributed by atoms with van der Waals surface area (Å²) < 4.78 is 0. The number of amides is 1. The average Bonchev–Trinajstić information content (AvgIpc) is 2.59. The lowest BCUT2D eigenvalue weighted by Crippen LogP contribution is -2.44. The van der Waals surface area contributed by atoms with Gasteiger partial charge in [0.15, 0.2) is 0 Å². The summed E-state index contributed by atoms with van der Waals surface area (Å²) in [5.41, 5.74) is 3.07. The number of nitrogens with one attached hydrogen (secondary N) is 1. The molecule has 0 bridgehead atoms. The van der Waals surface area contributed by atoms with Crippen molar-refractivity contribution in [2.45, 2.75) is 32.4 Å². The second-order valence-corrected chi connectivity index (χ2v) is 7.48. The van der Waals surface area contributed by atoms with Gasteiger partial charge in [0.2, 0.25) is 0 Å². The molecular formula is C20H22Cl2N2O. The summed E-state index contributed by atoms with van der Waals surface area (Å²) >= 11 is 12.1. The van der Waals surface area contributed by atoms with E-state index < -0.39 is 0 Å². The summed E-state index contributed by atoms with van der Waals surface area (Å²) in [5, 5.41) is 4.03.